The van der Waals surface area contributed by atoms with Crippen molar-refractivity contribution in [1.82, 2.24) is 4.90 Å². The molecule has 1 heterocycles. The van der Waals surface area contributed by atoms with Crippen LogP contribution in [-0.4, -0.2) is 36.6 Å². The maximum Gasteiger partial charge on any atom is 0.254 e. The summed E-state index contributed by atoms with van der Waals surface area (Å²) >= 11 is 0. The highest BCUT2D eigenvalue weighted by Crippen LogP contribution is 2.30. The van der Waals surface area contributed by atoms with E-state index >= 15 is 0 Å². The van der Waals surface area contributed by atoms with Crippen LogP contribution in [0.1, 0.15) is 29.6 Å². The Morgan fingerprint density at radius 1 is 1.25 bits per heavy atom. The van der Waals surface area contributed by atoms with Gasteiger partial charge < -0.3 is 9.64 Å². The third-order valence-corrected chi connectivity index (χ3v) is 3.89. The number of hydrogen-bond acceptors (Lipinski definition) is 2. The van der Waals surface area contributed by atoms with Crippen molar-refractivity contribution in [1.29, 1.82) is 0 Å². The third-order valence-electron chi connectivity index (χ3n) is 3.89. The Morgan fingerprint density at radius 2 is 2.05 bits per heavy atom. The van der Waals surface area contributed by atoms with E-state index in [1.54, 1.807) is 4.90 Å². The van der Waals surface area contributed by atoms with E-state index in [0.29, 0.717) is 19.1 Å². The van der Waals surface area contributed by atoms with Gasteiger partial charge in [0, 0.05) is 30.7 Å². The Hall–Kier alpha value is -1.49. The summed E-state index contributed by atoms with van der Waals surface area (Å²) in [5.41, 5.74) is 0.217. The van der Waals surface area contributed by atoms with Crippen LogP contribution >= 0.6 is 0 Å². The summed E-state index contributed by atoms with van der Waals surface area (Å²) in [6, 6.07) is 3.59. The van der Waals surface area contributed by atoms with E-state index in [1.165, 1.54) is 6.07 Å². The minimum absolute atomic E-state index is 0.210. The van der Waals surface area contributed by atoms with Crippen molar-refractivity contribution in [2.24, 2.45) is 5.92 Å². The summed E-state index contributed by atoms with van der Waals surface area (Å²) < 4.78 is 31.5. The van der Waals surface area contributed by atoms with Gasteiger partial charge in [-0.25, -0.2) is 8.78 Å². The smallest absolute Gasteiger partial charge is 0.254 e. The lowest BCUT2D eigenvalue weighted by atomic mass is 10.1. The molecule has 20 heavy (non-hydrogen) atoms. The summed E-state index contributed by atoms with van der Waals surface area (Å²) in [6.45, 7) is 2.05. The lowest BCUT2D eigenvalue weighted by Gasteiger charge is -2.25. The van der Waals surface area contributed by atoms with Gasteiger partial charge in [0.15, 0.2) is 11.6 Å². The molecule has 1 saturated carbocycles. The molecule has 0 radical (unpaired) electrons. The van der Waals surface area contributed by atoms with Crippen molar-refractivity contribution in [2.75, 3.05) is 19.8 Å². The van der Waals surface area contributed by atoms with Gasteiger partial charge in [-0.3, -0.25) is 4.79 Å². The zero-order valence-electron chi connectivity index (χ0n) is 11.1. The van der Waals surface area contributed by atoms with Crippen LogP contribution in [0.4, 0.5) is 8.78 Å². The van der Waals surface area contributed by atoms with Crippen LogP contribution in [-0.2, 0) is 4.74 Å². The van der Waals surface area contributed by atoms with Crippen molar-refractivity contribution in [2.45, 2.75) is 25.3 Å². The molecule has 0 N–H and O–H groups in total. The molecule has 1 amide bonds. The molecule has 5 heteroatoms. The Morgan fingerprint density at radius 3 is 2.65 bits per heavy atom. The molecule has 3 nitrogen and oxygen atoms in total. The van der Waals surface area contributed by atoms with E-state index in [1.807, 2.05) is 0 Å². The number of amides is 1. The largest absolute Gasteiger partial charge is 0.381 e. The molecule has 1 saturated heterocycles. The van der Waals surface area contributed by atoms with Gasteiger partial charge in [-0.1, -0.05) is 0 Å². The first-order valence-corrected chi connectivity index (χ1v) is 6.99. The number of ether oxygens (including phenoxy) is 1. The first kappa shape index (κ1) is 13.5. The first-order chi connectivity index (χ1) is 9.65. The van der Waals surface area contributed by atoms with Gasteiger partial charge >= 0.3 is 0 Å². The van der Waals surface area contributed by atoms with Crippen LogP contribution in [0, 0.1) is 17.6 Å². The molecule has 1 aromatic carbocycles. The van der Waals surface area contributed by atoms with E-state index in [4.69, 9.17) is 4.74 Å². The number of hydrogen-bond donors (Lipinski definition) is 0. The molecule has 0 bridgehead atoms. The summed E-state index contributed by atoms with van der Waals surface area (Å²) in [5, 5.41) is 0. The zero-order valence-corrected chi connectivity index (χ0v) is 11.1. The predicted octanol–water partition coefficient (Wildman–Crippen LogP) is 2.61. The molecule has 0 aromatic heterocycles. The Kier molecular flexibility index (Phi) is 3.70. The highest BCUT2D eigenvalue weighted by Gasteiger charge is 2.35. The summed E-state index contributed by atoms with van der Waals surface area (Å²) in [5.74, 6) is -1.76. The Labute approximate surface area is 116 Å². The molecular weight excluding hydrogens is 264 g/mol. The van der Waals surface area contributed by atoms with Gasteiger partial charge in [-0.05, 0) is 37.5 Å². The summed E-state index contributed by atoms with van der Waals surface area (Å²) in [4.78, 5) is 14.3. The molecule has 1 unspecified atom stereocenters. The third kappa shape index (κ3) is 2.82. The molecule has 0 spiro atoms. The summed E-state index contributed by atoms with van der Waals surface area (Å²) in [7, 11) is 0. The van der Waals surface area contributed by atoms with Gasteiger partial charge in [-0.15, -0.1) is 0 Å². The average molecular weight is 281 g/mol. The van der Waals surface area contributed by atoms with Crippen molar-refractivity contribution >= 4 is 5.91 Å². The summed E-state index contributed by atoms with van der Waals surface area (Å²) in [6.07, 6.45) is 2.93. The molecule has 1 aromatic rings. The minimum atomic E-state index is -0.976. The number of benzene rings is 1. The van der Waals surface area contributed by atoms with Gasteiger partial charge in [0.2, 0.25) is 0 Å². The Bertz CT molecular complexity index is 511. The Balaban J connectivity index is 1.75. The van der Waals surface area contributed by atoms with Crippen molar-refractivity contribution in [3.05, 3.63) is 35.4 Å². The number of nitrogens with zero attached hydrogens (tertiary/aromatic N) is 1. The first-order valence-electron chi connectivity index (χ1n) is 6.99. The predicted molar refractivity (Wildman–Crippen MR) is 69.3 cm³/mol. The lowest BCUT2D eigenvalue weighted by molar-refractivity contribution is 0.0705. The zero-order chi connectivity index (χ0) is 14.1. The fourth-order valence-corrected chi connectivity index (χ4v) is 2.58. The van der Waals surface area contributed by atoms with Gasteiger partial charge in [0.1, 0.15) is 0 Å². The monoisotopic (exact) mass is 281 g/mol. The highest BCUT2D eigenvalue weighted by molar-refractivity contribution is 5.94. The fraction of sp³-hybridized carbons (Fsp3) is 0.533. The van der Waals surface area contributed by atoms with Crippen LogP contribution in [0.3, 0.4) is 0 Å². The number of carbonyl (C=O) groups is 1. The number of rotatable bonds is 4. The maximum atomic E-state index is 13.3. The molecule has 108 valence electrons. The van der Waals surface area contributed by atoms with Crippen LogP contribution in [0.25, 0.3) is 0 Å². The lowest BCUT2D eigenvalue weighted by Crippen LogP contribution is -2.37. The number of carbonyl (C=O) groups excluding carboxylic acids is 1. The van der Waals surface area contributed by atoms with E-state index in [0.717, 1.165) is 38.0 Å². The minimum Gasteiger partial charge on any atom is -0.381 e. The van der Waals surface area contributed by atoms with Crippen LogP contribution in [0.5, 0.6) is 0 Å². The van der Waals surface area contributed by atoms with Crippen molar-refractivity contribution in [3.63, 3.8) is 0 Å². The molecule has 1 atom stereocenters. The van der Waals surface area contributed by atoms with Crippen LogP contribution in [0.2, 0.25) is 0 Å². The second-order valence-corrected chi connectivity index (χ2v) is 5.55. The molecular formula is C15H17F2NO2. The van der Waals surface area contributed by atoms with Crippen molar-refractivity contribution in [3.8, 4) is 0 Å². The average Bonchev–Trinajstić information content (AvgIpc) is 3.15. The van der Waals surface area contributed by atoms with E-state index in [-0.39, 0.29) is 17.5 Å². The fourth-order valence-electron chi connectivity index (χ4n) is 2.58. The topological polar surface area (TPSA) is 29.5 Å². The van der Waals surface area contributed by atoms with Crippen molar-refractivity contribution < 1.29 is 18.3 Å². The van der Waals surface area contributed by atoms with Crippen LogP contribution in [0.15, 0.2) is 18.2 Å². The SMILES string of the molecule is O=C(c1ccc(F)c(F)c1)N(CC1CCOC1)C1CC1. The standard InChI is InChI=1S/C15H17F2NO2/c16-13-4-1-11(7-14(13)17)15(19)18(12-2-3-12)8-10-5-6-20-9-10/h1,4,7,10,12H,2-3,5-6,8-9H2. The molecule has 2 fully saturated rings. The van der Waals surface area contributed by atoms with Gasteiger partial charge in [0.05, 0.1) is 6.61 Å². The van der Waals surface area contributed by atoms with Gasteiger partial charge in [-0.2, -0.15) is 0 Å². The maximum absolute atomic E-state index is 13.3. The van der Waals surface area contributed by atoms with Gasteiger partial charge in [0.25, 0.3) is 5.91 Å². The molecule has 2 aliphatic rings. The quantitative estimate of drug-likeness (QED) is 0.849. The molecule has 1 aliphatic heterocycles. The molecule has 3 rings (SSSR count). The highest BCUT2D eigenvalue weighted by atomic mass is 19.2. The number of halogens is 2. The van der Waals surface area contributed by atoms with E-state index in [9.17, 15) is 13.6 Å². The second-order valence-electron chi connectivity index (χ2n) is 5.55. The van der Waals surface area contributed by atoms with E-state index < -0.39 is 11.6 Å². The van der Waals surface area contributed by atoms with E-state index in [2.05, 4.69) is 0 Å². The molecule has 1 aliphatic carbocycles. The second kappa shape index (κ2) is 5.48. The normalized spacial score (nSPS) is 22.0. The van der Waals surface area contributed by atoms with Crippen LogP contribution < -0.4 is 0 Å².